The SMILES string of the molecule is N#Cc1cc(F)c(O)c([C@@H](N)c2cccs2)c1. The van der Waals surface area contributed by atoms with Crippen LogP contribution in [0.5, 0.6) is 5.75 Å². The molecule has 1 heterocycles. The number of phenolic OH excluding ortho intramolecular Hbond substituents is 1. The maximum Gasteiger partial charge on any atom is 0.166 e. The minimum atomic E-state index is -0.828. The van der Waals surface area contributed by atoms with E-state index in [9.17, 15) is 9.50 Å². The molecule has 5 heteroatoms. The van der Waals surface area contributed by atoms with Crippen LogP contribution in [0.2, 0.25) is 0 Å². The van der Waals surface area contributed by atoms with E-state index in [1.807, 2.05) is 17.5 Å². The minimum Gasteiger partial charge on any atom is -0.505 e. The van der Waals surface area contributed by atoms with Crippen LogP contribution in [-0.2, 0) is 0 Å². The molecule has 1 aromatic carbocycles. The molecule has 1 atom stereocenters. The molecule has 0 saturated carbocycles. The van der Waals surface area contributed by atoms with Crippen molar-refractivity contribution in [2.75, 3.05) is 0 Å². The molecule has 3 N–H and O–H groups in total. The molecule has 0 bridgehead atoms. The van der Waals surface area contributed by atoms with Gasteiger partial charge in [0.15, 0.2) is 11.6 Å². The van der Waals surface area contributed by atoms with E-state index in [0.29, 0.717) is 0 Å². The number of thiophene rings is 1. The van der Waals surface area contributed by atoms with Gasteiger partial charge in [0.05, 0.1) is 17.7 Å². The van der Waals surface area contributed by atoms with E-state index in [4.69, 9.17) is 11.0 Å². The first-order chi connectivity index (χ1) is 8.13. The normalized spacial score (nSPS) is 12.1. The fourth-order valence-electron chi connectivity index (χ4n) is 1.54. The summed E-state index contributed by atoms with van der Waals surface area (Å²) in [6.45, 7) is 0. The number of benzene rings is 1. The van der Waals surface area contributed by atoms with Crippen molar-refractivity contribution in [3.63, 3.8) is 0 Å². The van der Waals surface area contributed by atoms with Gasteiger partial charge in [0.2, 0.25) is 0 Å². The van der Waals surface area contributed by atoms with Crippen molar-refractivity contribution >= 4 is 11.3 Å². The average molecular weight is 248 g/mol. The molecule has 86 valence electrons. The number of rotatable bonds is 2. The van der Waals surface area contributed by atoms with Crippen LogP contribution < -0.4 is 5.73 Å². The Hall–Kier alpha value is -1.90. The number of phenols is 1. The van der Waals surface area contributed by atoms with Crippen molar-refractivity contribution in [3.8, 4) is 11.8 Å². The Morgan fingerprint density at radius 3 is 2.82 bits per heavy atom. The molecule has 0 fully saturated rings. The number of nitrogens with two attached hydrogens (primary N) is 1. The van der Waals surface area contributed by atoms with Gasteiger partial charge in [-0.05, 0) is 23.6 Å². The lowest BCUT2D eigenvalue weighted by molar-refractivity contribution is 0.423. The van der Waals surface area contributed by atoms with Crippen LogP contribution in [0, 0.1) is 17.1 Å². The van der Waals surface area contributed by atoms with Crippen molar-refractivity contribution in [3.05, 3.63) is 51.5 Å². The van der Waals surface area contributed by atoms with Crippen LogP contribution >= 0.6 is 11.3 Å². The molecule has 0 spiro atoms. The predicted molar refractivity (Wildman–Crippen MR) is 63.1 cm³/mol. The highest BCUT2D eigenvalue weighted by atomic mass is 32.1. The fourth-order valence-corrected chi connectivity index (χ4v) is 2.29. The monoisotopic (exact) mass is 248 g/mol. The van der Waals surface area contributed by atoms with Gasteiger partial charge in [0.1, 0.15) is 0 Å². The molecule has 0 aliphatic rings. The van der Waals surface area contributed by atoms with Gasteiger partial charge in [-0.3, -0.25) is 0 Å². The zero-order valence-electron chi connectivity index (χ0n) is 8.72. The van der Waals surface area contributed by atoms with Crippen LogP contribution in [-0.4, -0.2) is 5.11 Å². The lowest BCUT2D eigenvalue weighted by atomic mass is 10.0. The zero-order chi connectivity index (χ0) is 12.4. The van der Waals surface area contributed by atoms with Gasteiger partial charge >= 0.3 is 0 Å². The highest BCUT2D eigenvalue weighted by Gasteiger charge is 2.18. The fraction of sp³-hybridized carbons (Fsp3) is 0.0833. The minimum absolute atomic E-state index is 0.141. The van der Waals surface area contributed by atoms with Crippen LogP contribution in [0.15, 0.2) is 29.6 Å². The number of aromatic hydroxyl groups is 1. The largest absolute Gasteiger partial charge is 0.505 e. The maximum atomic E-state index is 13.4. The Labute approximate surface area is 102 Å². The van der Waals surface area contributed by atoms with Crippen molar-refractivity contribution in [2.45, 2.75) is 6.04 Å². The lowest BCUT2D eigenvalue weighted by Crippen LogP contribution is -2.11. The second-order valence-corrected chi connectivity index (χ2v) is 4.48. The second kappa shape index (κ2) is 4.53. The average Bonchev–Trinajstić information content (AvgIpc) is 2.85. The highest BCUT2D eigenvalue weighted by molar-refractivity contribution is 7.10. The van der Waals surface area contributed by atoms with Crippen LogP contribution in [0.1, 0.15) is 22.0 Å². The van der Waals surface area contributed by atoms with Gasteiger partial charge in [-0.2, -0.15) is 5.26 Å². The Balaban J connectivity index is 2.52. The van der Waals surface area contributed by atoms with E-state index >= 15 is 0 Å². The molecule has 0 amide bonds. The summed E-state index contributed by atoms with van der Waals surface area (Å²) >= 11 is 1.41. The molecule has 1 aromatic heterocycles. The molecule has 0 radical (unpaired) electrons. The van der Waals surface area contributed by atoms with E-state index in [-0.39, 0.29) is 11.1 Å². The number of hydrogen-bond donors (Lipinski definition) is 2. The van der Waals surface area contributed by atoms with Gasteiger partial charge < -0.3 is 10.8 Å². The summed E-state index contributed by atoms with van der Waals surface area (Å²) in [4.78, 5) is 0.801. The summed E-state index contributed by atoms with van der Waals surface area (Å²) in [5, 5.41) is 20.2. The van der Waals surface area contributed by atoms with E-state index in [2.05, 4.69) is 0 Å². The Bertz CT molecular complexity index is 575. The number of halogens is 1. The van der Waals surface area contributed by atoms with Crippen LogP contribution in [0.3, 0.4) is 0 Å². The quantitative estimate of drug-likeness (QED) is 0.857. The maximum absolute atomic E-state index is 13.4. The molecule has 2 aromatic rings. The number of nitriles is 1. The third-order valence-electron chi connectivity index (χ3n) is 2.41. The van der Waals surface area contributed by atoms with Crippen LogP contribution in [0.25, 0.3) is 0 Å². The van der Waals surface area contributed by atoms with Crippen molar-refractivity contribution in [1.82, 2.24) is 0 Å². The Kier molecular flexibility index (Phi) is 3.09. The summed E-state index contributed by atoms with van der Waals surface area (Å²) in [6.07, 6.45) is 0. The topological polar surface area (TPSA) is 70.0 Å². The van der Waals surface area contributed by atoms with Crippen molar-refractivity contribution in [1.29, 1.82) is 5.26 Å². The molecule has 3 nitrogen and oxygen atoms in total. The Morgan fingerprint density at radius 1 is 1.47 bits per heavy atom. The first-order valence-corrected chi connectivity index (χ1v) is 5.73. The van der Waals surface area contributed by atoms with Crippen LogP contribution in [0.4, 0.5) is 4.39 Å². The molecule has 0 aliphatic carbocycles. The first-order valence-electron chi connectivity index (χ1n) is 4.85. The van der Waals surface area contributed by atoms with Gasteiger partial charge in [-0.1, -0.05) is 6.07 Å². The van der Waals surface area contributed by atoms with E-state index in [1.54, 1.807) is 6.07 Å². The summed E-state index contributed by atoms with van der Waals surface area (Å²) in [5.41, 5.74) is 6.30. The van der Waals surface area contributed by atoms with E-state index in [0.717, 1.165) is 10.9 Å². The van der Waals surface area contributed by atoms with E-state index < -0.39 is 17.6 Å². The molecule has 2 rings (SSSR count). The predicted octanol–water partition coefficient (Wildman–Crippen LogP) is 2.51. The molecule has 0 unspecified atom stereocenters. The molecular weight excluding hydrogens is 239 g/mol. The molecule has 0 saturated heterocycles. The second-order valence-electron chi connectivity index (χ2n) is 3.50. The van der Waals surface area contributed by atoms with Gasteiger partial charge in [0, 0.05) is 10.4 Å². The molecule has 0 aliphatic heterocycles. The van der Waals surface area contributed by atoms with Crippen molar-refractivity contribution in [2.24, 2.45) is 5.73 Å². The molecular formula is C12H9FN2OS. The summed E-state index contributed by atoms with van der Waals surface area (Å²) in [7, 11) is 0. The first kappa shape index (κ1) is 11.6. The number of nitrogens with zero attached hydrogens (tertiary/aromatic N) is 1. The smallest absolute Gasteiger partial charge is 0.166 e. The third-order valence-corrected chi connectivity index (χ3v) is 3.36. The third kappa shape index (κ3) is 2.13. The summed E-state index contributed by atoms with van der Waals surface area (Å²) in [6, 6.07) is 7.22. The van der Waals surface area contributed by atoms with Crippen molar-refractivity contribution < 1.29 is 9.50 Å². The lowest BCUT2D eigenvalue weighted by Gasteiger charge is -2.12. The highest BCUT2D eigenvalue weighted by Crippen LogP contribution is 2.32. The van der Waals surface area contributed by atoms with Gasteiger partial charge in [0.25, 0.3) is 0 Å². The van der Waals surface area contributed by atoms with Gasteiger partial charge in [-0.25, -0.2) is 4.39 Å². The summed E-state index contributed by atoms with van der Waals surface area (Å²) < 4.78 is 13.4. The summed E-state index contributed by atoms with van der Waals surface area (Å²) in [5.74, 6) is -1.32. The molecule has 17 heavy (non-hydrogen) atoms. The van der Waals surface area contributed by atoms with E-state index in [1.165, 1.54) is 17.4 Å². The van der Waals surface area contributed by atoms with Gasteiger partial charge in [-0.15, -0.1) is 11.3 Å². The Morgan fingerprint density at radius 2 is 2.24 bits per heavy atom. The number of hydrogen-bond acceptors (Lipinski definition) is 4. The zero-order valence-corrected chi connectivity index (χ0v) is 9.54. The standard InChI is InChI=1S/C12H9FN2OS/c13-9-5-7(6-14)4-8(12(9)16)11(15)10-2-1-3-17-10/h1-5,11,16H,15H2/t11-/m1/s1.